The maximum atomic E-state index is 12.9. The van der Waals surface area contributed by atoms with Gasteiger partial charge >= 0.3 is 32.7 Å². The number of hydrogen-bond donors (Lipinski definition) is 5. The summed E-state index contributed by atoms with van der Waals surface area (Å²) in [6, 6.07) is 0. The van der Waals surface area contributed by atoms with E-state index in [9.17, 15) is 50.8 Å². The number of carbonyl (C=O) groups is 2. The number of aliphatic hydroxyl groups is 2. The van der Waals surface area contributed by atoms with Crippen LogP contribution in [0.3, 0.4) is 0 Å². The first-order chi connectivity index (χ1) is 22.2. The fraction of sp³-hybridized carbons (Fsp3) is 0.867. The minimum Gasteiger partial charge on any atom is -0.481 e. The average molecular weight is 727 g/mol. The number of carboxylic acid groups (broad SMARTS) is 1. The predicted molar refractivity (Wildman–Crippen MR) is 162 cm³/mol. The summed E-state index contributed by atoms with van der Waals surface area (Å²) in [5.41, 5.74) is -0.319. The first-order valence-electron chi connectivity index (χ1n) is 16.2. The van der Waals surface area contributed by atoms with Crippen LogP contribution in [0.2, 0.25) is 0 Å². The fourth-order valence-corrected chi connectivity index (χ4v) is 10.8. The molecule has 5 rings (SSSR count). The lowest BCUT2D eigenvalue weighted by Crippen LogP contribution is -2.64. The van der Waals surface area contributed by atoms with Gasteiger partial charge in [-0.25, -0.2) is 8.37 Å². The Hall–Kier alpha value is -1.74. The molecule has 0 radical (unpaired) electrons. The zero-order chi connectivity index (χ0) is 35.6. The van der Waals surface area contributed by atoms with Gasteiger partial charge in [0, 0.05) is 11.8 Å². The van der Waals surface area contributed by atoms with Gasteiger partial charge in [-0.3, -0.25) is 18.7 Å². The molecular formula is C30H46O16S2. The largest absolute Gasteiger partial charge is 0.481 e. The Balaban J connectivity index is 1.51. The number of hydrogen-bond acceptors (Lipinski definition) is 13. The van der Waals surface area contributed by atoms with E-state index in [1.165, 1.54) is 0 Å². The topological polar surface area (TPSA) is 250 Å². The van der Waals surface area contributed by atoms with E-state index in [-0.39, 0.29) is 42.9 Å². The summed E-state index contributed by atoms with van der Waals surface area (Å²) in [6.07, 6.45) is -7.93. The number of aliphatic carboxylic acids is 1. The maximum absolute atomic E-state index is 12.9. The van der Waals surface area contributed by atoms with E-state index in [0.717, 1.165) is 24.8 Å². The van der Waals surface area contributed by atoms with Crippen LogP contribution in [-0.2, 0) is 53.0 Å². The van der Waals surface area contributed by atoms with Crippen molar-refractivity contribution >= 4 is 32.7 Å². The van der Waals surface area contributed by atoms with Crippen LogP contribution < -0.4 is 0 Å². The molecular weight excluding hydrogens is 680 g/mol. The van der Waals surface area contributed by atoms with Gasteiger partial charge in [-0.05, 0) is 79.6 Å². The Morgan fingerprint density at radius 3 is 2.25 bits per heavy atom. The van der Waals surface area contributed by atoms with E-state index in [1.807, 2.05) is 6.92 Å². The highest BCUT2D eigenvalue weighted by atomic mass is 32.3. The van der Waals surface area contributed by atoms with Gasteiger partial charge in [0.05, 0.1) is 24.7 Å². The lowest BCUT2D eigenvalue weighted by atomic mass is 9.43. The zero-order valence-electron chi connectivity index (χ0n) is 27.0. The normalized spacial score (nSPS) is 43.0. The molecule has 274 valence electrons. The number of aliphatic hydroxyl groups excluding tert-OH is 2. The number of fused-ring (bicyclic) bond motifs is 3. The molecule has 0 aromatic carbocycles. The average Bonchev–Trinajstić information content (AvgIpc) is 3.12. The summed E-state index contributed by atoms with van der Waals surface area (Å²) in [5.74, 6) is -3.25. The van der Waals surface area contributed by atoms with E-state index < -0.39 is 99.0 Å². The third-order valence-corrected chi connectivity index (χ3v) is 12.4. The maximum Gasteiger partial charge on any atom is 0.397 e. The van der Waals surface area contributed by atoms with Crippen molar-refractivity contribution in [3.63, 3.8) is 0 Å². The molecule has 0 amide bonds. The monoisotopic (exact) mass is 726 g/mol. The molecule has 0 aromatic rings. The Bertz CT molecular complexity index is 1480. The number of carbonyl (C=O) groups excluding carboxylic acids is 1. The van der Waals surface area contributed by atoms with Crippen LogP contribution in [0.4, 0.5) is 0 Å². The number of esters is 1. The van der Waals surface area contributed by atoms with Crippen LogP contribution in [0.5, 0.6) is 0 Å². The molecule has 4 aliphatic carbocycles. The van der Waals surface area contributed by atoms with E-state index in [1.54, 1.807) is 13.8 Å². The summed E-state index contributed by atoms with van der Waals surface area (Å²) in [4.78, 5) is 25.7. The quantitative estimate of drug-likeness (QED) is 0.0879. The van der Waals surface area contributed by atoms with Crippen molar-refractivity contribution in [1.29, 1.82) is 0 Å². The molecule has 1 spiro atoms. The molecule has 1 saturated heterocycles. The molecule has 4 saturated carbocycles. The molecule has 16 nitrogen and oxygen atoms in total. The first-order valence-corrected chi connectivity index (χ1v) is 18.9. The van der Waals surface area contributed by atoms with Gasteiger partial charge < -0.3 is 29.5 Å². The molecule has 13 atom stereocenters. The Labute approximate surface area is 280 Å². The summed E-state index contributed by atoms with van der Waals surface area (Å²) in [5, 5.41) is 32.0. The lowest BCUT2D eigenvalue weighted by Gasteiger charge is -2.62. The van der Waals surface area contributed by atoms with Crippen LogP contribution in [0.25, 0.3) is 0 Å². The van der Waals surface area contributed by atoms with Crippen LogP contribution in [0.15, 0.2) is 12.2 Å². The summed E-state index contributed by atoms with van der Waals surface area (Å²) < 4.78 is 93.5. The molecule has 5 fully saturated rings. The van der Waals surface area contributed by atoms with Gasteiger partial charge in [-0.2, -0.15) is 16.8 Å². The van der Waals surface area contributed by atoms with Gasteiger partial charge in [0.1, 0.15) is 12.2 Å². The Morgan fingerprint density at radius 1 is 1.02 bits per heavy atom. The van der Waals surface area contributed by atoms with Crippen LogP contribution >= 0.6 is 0 Å². The molecule has 0 aromatic heterocycles. The first kappa shape index (κ1) is 37.5. The molecule has 1 unspecified atom stereocenters. The van der Waals surface area contributed by atoms with Gasteiger partial charge in [0.2, 0.25) is 0 Å². The minimum absolute atomic E-state index is 0.0156. The third-order valence-electron chi connectivity index (χ3n) is 11.5. The van der Waals surface area contributed by atoms with Crippen molar-refractivity contribution < 1.29 is 73.4 Å². The van der Waals surface area contributed by atoms with E-state index in [0.29, 0.717) is 12.8 Å². The highest BCUT2D eigenvalue weighted by Gasteiger charge is 2.67. The number of carboxylic acids is 1. The molecule has 48 heavy (non-hydrogen) atoms. The lowest BCUT2D eigenvalue weighted by molar-refractivity contribution is -0.316. The minimum atomic E-state index is -5.42. The van der Waals surface area contributed by atoms with Crippen molar-refractivity contribution in [3.05, 3.63) is 12.2 Å². The molecule has 2 bridgehead atoms. The summed E-state index contributed by atoms with van der Waals surface area (Å²) in [7, 11) is -10.8. The van der Waals surface area contributed by atoms with Crippen LogP contribution in [0.1, 0.15) is 72.1 Å². The highest BCUT2D eigenvalue weighted by molar-refractivity contribution is 7.81. The number of rotatable bonds is 11. The standard InChI is InChI=1S/C30H46O16S2/c1-14(2)9-22(32)44-25-24(46-48(39,40)41)23(45-47(36,37)38)20(13-31)43-28(25)42-17-10-18(27(34)35)19-7-8-30-11-16(15(3)26(30)33)5-6-21(30)29(19,4)12-17/h14,16-21,23-26,28,31,33H,3,5-13H2,1-2,4H3,(H,34,35)(H,36,37,38)(H,39,40,41)/t16-,17+,18+,19+,20?,21-,23+,24-,25+,26-,28+,29+,30+/m0/s1. The summed E-state index contributed by atoms with van der Waals surface area (Å²) >= 11 is 0. The predicted octanol–water partition coefficient (Wildman–Crippen LogP) is 1.67. The number of ether oxygens (including phenoxy) is 3. The Kier molecular flexibility index (Phi) is 10.5. The second kappa shape index (κ2) is 13.4. The molecule has 1 aliphatic heterocycles. The van der Waals surface area contributed by atoms with Crippen molar-refractivity contribution in [2.75, 3.05) is 6.61 Å². The molecule has 5 N–H and O–H groups in total. The van der Waals surface area contributed by atoms with Crippen molar-refractivity contribution in [1.82, 2.24) is 0 Å². The van der Waals surface area contributed by atoms with Gasteiger partial charge in [0.15, 0.2) is 18.5 Å². The third kappa shape index (κ3) is 7.20. The van der Waals surface area contributed by atoms with Gasteiger partial charge in [-0.15, -0.1) is 0 Å². The second-order valence-corrected chi connectivity index (χ2v) is 16.9. The van der Waals surface area contributed by atoms with Gasteiger partial charge in [-0.1, -0.05) is 27.4 Å². The van der Waals surface area contributed by atoms with E-state index in [4.69, 9.17) is 18.4 Å². The van der Waals surface area contributed by atoms with Crippen molar-refractivity contribution in [3.8, 4) is 0 Å². The van der Waals surface area contributed by atoms with Crippen molar-refractivity contribution in [2.45, 2.75) is 115 Å². The smallest absolute Gasteiger partial charge is 0.397 e. The fourth-order valence-electron chi connectivity index (χ4n) is 9.82. The van der Waals surface area contributed by atoms with Crippen molar-refractivity contribution in [2.24, 2.45) is 40.4 Å². The zero-order valence-corrected chi connectivity index (χ0v) is 28.7. The van der Waals surface area contributed by atoms with E-state index >= 15 is 0 Å². The molecule has 18 heteroatoms. The van der Waals surface area contributed by atoms with Gasteiger partial charge in [0.25, 0.3) is 0 Å². The van der Waals surface area contributed by atoms with E-state index in [2.05, 4.69) is 10.8 Å². The summed E-state index contributed by atoms with van der Waals surface area (Å²) in [6.45, 7) is 8.52. The van der Waals surface area contributed by atoms with Crippen LogP contribution in [-0.4, -0.2) is 103 Å². The Morgan fingerprint density at radius 2 is 1.67 bits per heavy atom. The van der Waals surface area contributed by atoms with Crippen LogP contribution in [0, 0.1) is 40.4 Å². The highest BCUT2D eigenvalue weighted by Crippen LogP contribution is 2.70. The molecule has 5 aliphatic rings. The second-order valence-electron chi connectivity index (χ2n) is 14.8. The molecule has 1 heterocycles. The SMILES string of the molecule is C=C1[C@H]2CC[C@H]3[C@]4(C)C[C@H](O[C@@H]5OC(CO)[C@@H](OS(=O)(=O)O)[C@H](OS(=O)(=O)O)[C@H]5OC(=O)CC(C)C)C[C@@H](C(=O)O)[C@H]4CC[C@]3(C2)[C@H]1O.